The van der Waals surface area contributed by atoms with Crippen LogP contribution in [0, 0.1) is 13.8 Å². The maximum Gasteiger partial charge on any atom is 0.323 e. The predicted molar refractivity (Wildman–Crippen MR) is 93.3 cm³/mol. The Hall–Kier alpha value is -1.93. The van der Waals surface area contributed by atoms with Gasteiger partial charge in [0.05, 0.1) is 12.2 Å². The van der Waals surface area contributed by atoms with Crippen molar-refractivity contribution < 1.29 is 9.21 Å². The van der Waals surface area contributed by atoms with Crippen LogP contribution in [0.5, 0.6) is 0 Å². The third kappa shape index (κ3) is 3.93. The summed E-state index contributed by atoms with van der Waals surface area (Å²) < 4.78 is 5.63. The molecule has 130 valence electrons. The second-order valence-corrected chi connectivity index (χ2v) is 7.04. The molecule has 1 aliphatic rings. The van der Waals surface area contributed by atoms with Gasteiger partial charge in [-0.25, -0.2) is 14.8 Å². The van der Waals surface area contributed by atoms with Crippen molar-refractivity contribution in [3.8, 4) is 0 Å². The second kappa shape index (κ2) is 7.31. The smallest absolute Gasteiger partial charge is 0.323 e. The SMILES string of the molecule is CCc1cnc(NC(=O)N2CCN(Cc3nc(C)c(C)o3)CC2)s1. The number of carbonyl (C=O) groups is 1. The van der Waals surface area contributed by atoms with E-state index in [9.17, 15) is 4.79 Å². The molecule has 1 saturated heterocycles. The van der Waals surface area contributed by atoms with Gasteiger partial charge in [-0.15, -0.1) is 11.3 Å². The molecule has 2 amide bonds. The quantitative estimate of drug-likeness (QED) is 0.918. The van der Waals surface area contributed by atoms with E-state index < -0.39 is 0 Å². The zero-order valence-electron chi connectivity index (χ0n) is 14.3. The molecule has 0 aliphatic carbocycles. The van der Waals surface area contributed by atoms with Crippen LogP contribution in [0.2, 0.25) is 0 Å². The van der Waals surface area contributed by atoms with Crippen molar-refractivity contribution in [3.05, 3.63) is 28.4 Å². The number of amides is 2. The van der Waals surface area contributed by atoms with E-state index in [1.807, 2.05) is 24.9 Å². The Bertz CT molecular complexity index is 684. The average molecular weight is 349 g/mol. The van der Waals surface area contributed by atoms with Crippen molar-refractivity contribution in [2.24, 2.45) is 0 Å². The lowest BCUT2D eigenvalue weighted by molar-refractivity contribution is 0.135. The fourth-order valence-corrected chi connectivity index (χ4v) is 3.35. The summed E-state index contributed by atoms with van der Waals surface area (Å²) in [5.41, 5.74) is 0.943. The van der Waals surface area contributed by atoms with Gasteiger partial charge in [0.25, 0.3) is 0 Å². The molecule has 24 heavy (non-hydrogen) atoms. The number of nitrogens with one attached hydrogen (secondary N) is 1. The first-order chi connectivity index (χ1) is 11.5. The molecule has 0 bridgehead atoms. The van der Waals surface area contributed by atoms with Crippen molar-refractivity contribution in [3.63, 3.8) is 0 Å². The Balaban J connectivity index is 1.48. The zero-order chi connectivity index (χ0) is 17.1. The normalized spacial score (nSPS) is 15.7. The van der Waals surface area contributed by atoms with E-state index >= 15 is 0 Å². The number of oxazole rings is 1. The van der Waals surface area contributed by atoms with Gasteiger partial charge in [-0.3, -0.25) is 10.2 Å². The van der Waals surface area contributed by atoms with E-state index in [1.54, 1.807) is 0 Å². The molecule has 3 heterocycles. The van der Waals surface area contributed by atoms with Crippen LogP contribution >= 0.6 is 11.3 Å². The summed E-state index contributed by atoms with van der Waals surface area (Å²) >= 11 is 1.53. The molecule has 2 aromatic heterocycles. The molecule has 0 radical (unpaired) electrons. The average Bonchev–Trinajstić information content (AvgIpc) is 3.14. The van der Waals surface area contributed by atoms with Gasteiger partial charge >= 0.3 is 6.03 Å². The van der Waals surface area contributed by atoms with Crippen LogP contribution in [0.25, 0.3) is 0 Å². The minimum Gasteiger partial charge on any atom is -0.444 e. The standard InChI is InChI=1S/C16H23N5O2S/c1-4-13-9-17-15(24-13)19-16(22)21-7-5-20(6-8-21)10-14-18-11(2)12(3)23-14/h9H,4-8,10H2,1-3H3,(H,17,19,22). The first kappa shape index (κ1) is 16.9. The fourth-order valence-electron chi connectivity index (χ4n) is 2.61. The van der Waals surface area contributed by atoms with Crippen LogP contribution in [0.3, 0.4) is 0 Å². The van der Waals surface area contributed by atoms with Crippen molar-refractivity contribution in [1.29, 1.82) is 0 Å². The summed E-state index contributed by atoms with van der Waals surface area (Å²) in [7, 11) is 0. The first-order valence-corrected chi connectivity index (χ1v) is 9.02. The van der Waals surface area contributed by atoms with E-state index in [1.165, 1.54) is 16.2 Å². The number of hydrogen-bond donors (Lipinski definition) is 1. The summed E-state index contributed by atoms with van der Waals surface area (Å²) in [4.78, 5) is 26.2. The maximum absolute atomic E-state index is 12.3. The summed E-state index contributed by atoms with van der Waals surface area (Å²) in [5.74, 6) is 1.62. The van der Waals surface area contributed by atoms with Crippen LogP contribution in [-0.4, -0.2) is 52.0 Å². The summed E-state index contributed by atoms with van der Waals surface area (Å²) in [6.45, 7) is 9.65. The Morgan fingerprint density at radius 2 is 2.08 bits per heavy atom. The van der Waals surface area contributed by atoms with Gasteiger partial charge < -0.3 is 9.32 Å². The Morgan fingerprint density at radius 3 is 2.67 bits per heavy atom. The lowest BCUT2D eigenvalue weighted by atomic mass is 10.3. The van der Waals surface area contributed by atoms with Crippen molar-refractivity contribution in [2.45, 2.75) is 33.7 Å². The molecule has 0 spiro atoms. The number of thiazole rings is 1. The highest BCUT2D eigenvalue weighted by atomic mass is 32.1. The molecule has 3 rings (SSSR count). The van der Waals surface area contributed by atoms with Gasteiger partial charge in [0.2, 0.25) is 5.89 Å². The molecule has 1 fully saturated rings. The van der Waals surface area contributed by atoms with E-state index in [4.69, 9.17) is 4.42 Å². The third-order valence-corrected chi connectivity index (χ3v) is 5.26. The van der Waals surface area contributed by atoms with E-state index in [0.717, 1.165) is 36.9 Å². The minimum absolute atomic E-state index is 0.0746. The highest BCUT2D eigenvalue weighted by Gasteiger charge is 2.23. The van der Waals surface area contributed by atoms with Crippen molar-refractivity contribution >= 4 is 22.5 Å². The Morgan fingerprint density at radius 1 is 1.33 bits per heavy atom. The first-order valence-electron chi connectivity index (χ1n) is 8.21. The van der Waals surface area contributed by atoms with E-state index in [2.05, 4.69) is 27.1 Å². The molecule has 8 heteroatoms. The van der Waals surface area contributed by atoms with Crippen LogP contribution < -0.4 is 5.32 Å². The molecule has 7 nitrogen and oxygen atoms in total. The van der Waals surface area contributed by atoms with Crippen LogP contribution in [0.4, 0.5) is 9.93 Å². The van der Waals surface area contributed by atoms with Gasteiger partial charge in [-0.2, -0.15) is 0 Å². The molecule has 2 aromatic rings. The highest BCUT2D eigenvalue weighted by molar-refractivity contribution is 7.15. The van der Waals surface area contributed by atoms with Gasteiger partial charge in [0.1, 0.15) is 5.76 Å². The van der Waals surface area contributed by atoms with Crippen LogP contribution in [0.15, 0.2) is 10.6 Å². The van der Waals surface area contributed by atoms with Crippen LogP contribution in [-0.2, 0) is 13.0 Å². The number of aryl methyl sites for hydroxylation is 3. The number of piperazine rings is 1. The molecule has 0 unspecified atom stereocenters. The maximum atomic E-state index is 12.3. The second-order valence-electron chi connectivity index (χ2n) is 5.93. The van der Waals surface area contributed by atoms with Gasteiger partial charge in [0, 0.05) is 37.3 Å². The molecule has 1 N–H and O–H groups in total. The number of hydrogen-bond acceptors (Lipinski definition) is 6. The number of urea groups is 1. The minimum atomic E-state index is -0.0746. The molecule has 0 saturated carbocycles. The van der Waals surface area contributed by atoms with Gasteiger partial charge in [0.15, 0.2) is 5.13 Å². The Kier molecular flexibility index (Phi) is 5.15. The summed E-state index contributed by atoms with van der Waals surface area (Å²) in [6.07, 6.45) is 2.75. The van der Waals surface area contributed by atoms with Gasteiger partial charge in [-0.1, -0.05) is 6.92 Å². The molecular weight excluding hydrogens is 326 g/mol. The lowest BCUT2D eigenvalue weighted by Gasteiger charge is -2.33. The van der Waals surface area contributed by atoms with E-state index in [0.29, 0.717) is 24.8 Å². The number of aromatic nitrogens is 2. The van der Waals surface area contributed by atoms with Crippen molar-refractivity contribution in [1.82, 2.24) is 19.8 Å². The lowest BCUT2D eigenvalue weighted by Crippen LogP contribution is -2.49. The zero-order valence-corrected chi connectivity index (χ0v) is 15.2. The third-order valence-electron chi connectivity index (χ3n) is 4.21. The molecular formula is C16H23N5O2S. The van der Waals surface area contributed by atoms with E-state index in [-0.39, 0.29) is 6.03 Å². The number of rotatable bonds is 4. The largest absolute Gasteiger partial charge is 0.444 e. The number of anilines is 1. The monoisotopic (exact) mass is 349 g/mol. The highest BCUT2D eigenvalue weighted by Crippen LogP contribution is 2.19. The molecule has 0 aromatic carbocycles. The fraction of sp³-hybridized carbons (Fsp3) is 0.562. The Labute approximate surface area is 145 Å². The number of nitrogens with zero attached hydrogens (tertiary/aromatic N) is 4. The molecule has 1 aliphatic heterocycles. The molecule has 0 atom stereocenters. The van der Waals surface area contributed by atoms with Gasteiger partial charge in [-0.05, 0) is 20.3 Å². The van der Waals surface area contributed by atoms with Crippen molar-refractivity contribution in [2.75, 3.05) is 31.5 Å². The predicted octanol–water partition coefficient (Wildman–Crippen LogP) is 2.66. The summed E-state index contributed by atoms with van der Waals surface area (Å²) in [5, 5.41) is 3.56. The topological polar surface area (TPSA) is 74.5 Å². The van der Waals surface area contributed by atoms with Crippen LogP contribution in [0.1, 0.15) is 29.1 Å². The number of carbonyl (C=O) groups excluding carboxylic acids is 1. The summed E-state index contributed by atoms with van der Waals surface area (Å²) in [6, 6.07) is -0.0746.